The summed E-state index contributed by atoms with van der Waals surface area (Å²) in [4.78, 5) is 4.46. The van der Waals surface area contributed by atoms with Crippen LogP contribution in [0.25, 0.3) is 22.1 Å². The third-order valence-electron chi connectivity index (χ3n) is 3.81. The highest BCUT2D eigenvalue weighted by atomic mass is 19.1. The summed E-state index contributed by atoms with van der Waals surface area (Å²) in [6.07, 6.45) is 1.67. The Morgan fingerprint density at radius 1 is 0.792 bits per heavy atom. The molecule has 0 spiro atoms. The summed E-state index contributed by atoms with van der Waals surface area (Å²) in [5, 5.41) is 2.33. The molecule has 0 saturated heterocycles. The van der Waals surface area contributed by atoms with Crippen LogP contribution in [0.5, 0.6) is 0 Å². The summed E-state index contributed by atoms with van der Waals surface area (Å²) in [6.45, 7) is 0. The molecule has 0 atom stereocenters. The van der Waals surface area contributed by atoms with Crippen molar-refractivity contribution in [3.63, 3.8) is 0 Å². The molecule has 0 saturated carbocycles. The van der Waals surface area contributed by atoms with Gasteiger partial charge in [0.25, 0.3) is 0 Å². The highest BCUT2D eigenvalue weighted by Crippen LogP contribution is 2.24. The second-order valence-electron chi connectivity index (χ2n) is 5.50. The molecule has 4 aromatic rings. The molecule has 116 valence electrons. The molecule has 0 bridgehead atoms. The van der Waals surface area contributed by atoms with Crippen molar-refractivity contribution in [2.45, 2.75) is 0 Å². The minimum absolute atomic E-state index is 0.282. The highest BCUT2D eigenvalue weighted by molar-refractivity contribution is 5.87. The lowest BCUT2D eigenvalue weighted by atomic mass is 10.1. The van der Waals surface area contributed by atoms with E-state index in [-0.39, 0.29) is 5.82 Å². The summed E-state index contributed by atoms with van der Waals surface area (Å²) in [7, 11) is 0. The van der Waals surface area contributed by atoms with Crippen LogP contribution in [-0.4, -0.2) is 6.21 Å². The molecule has 0 aliphatic carbocycles. The van der Waals surface area contributed by atoms with Gasteiger partial charge in [-0.1, -0.05) is 42.5 Å². The van der Waals surface area contributed by atoms with Gasteiger partial charge in [-0.3, -0.25) is 4.99 Å². The van der Waals surface area contributed by atoms with E-state index < -0.39 is 0 Å². The van der Waals surface area contributed by atoms with Crippen molar-refractivity contribution >= 4 is 22.7 Å². The van der Waals surface area contributed by atoms with E-state index in [0.717, 1.165) is 11.1 Å². The largest absolute Gasteiger partial charge is 0.455 e. The minimum Gasteiger partial charge on any atom is -0.455 e. The number of rotatable bonds is 3. The fourth-order valence-electron chi connectivity index (χ4n) is 2.61. The average Bonchev–Trinajstić information content (AvgIpc) is 3.09. The zero-order chi connectivity index (χ0) is 16.4. The summed E-state index contributed by atoms with van der Waals surface area (Å²) in [6, 6.07) is 24.2. The monoisotopic (exact) mass is 315 g/mol. The molecular weight excluding hydrogens is 301 g/mol. The van der Waals surface area contributed by atoms with Gasteiger partial charge in [0.2, 0.25) is 0 Å². The van der Waals surface area contributed by atoms with Gasteiger partial charge in [-0.15, -0.1) is 0 Å². The van der Waals surface area contributed by atoms with Crippen molar-refractivity contribution in [1.82, 2.24) is 0 Å². The smallest absolute Gasteiger partial charge is 0.145 e. The van der Waals surface area contributed by atoms with Crippen LogP contribution in [0.2, 0.25) is 0 Å². The average molecular weight is 315 g/mol. The van der Waals surface area contributed by atoms with Crippen LogP contribution in [0.4, 0.5) is 10.1 Å². The van der Waals surface area contributed by atoms with Crippen LogP contribution in [0.1, 0.15) is 5.76 Å². The van der Waals surface area contributed by atoms with Crippen LogP contribution in [-0.2, 0) is 0 Å². The number of benzene rings is 3. The summed E-state index contributed by atoms with van der Waals surface area (Å²) < 4.78 is 19.0. The Bertz CT molecular complexity index is 1030. The number of aliphatic imine (C=N–C) groups is 1. The third-order valence-corrected chi connectivity index (χ3v) is 3.81. The normalized spacial score (nSPS) is 11.4. The lowest BCUT2D eigenvalue weighted by Crippen LogP contribution is -1.77. The van der Waals surface area contributed by atoms with E-state index in [4.69, 9.17) is 4.42 Å². The summed E-state index contributed by atoms with van der Waals surface area (Å²) >= 11 is 0. The molecule has 2 nitrogen and oxygen atoms in total. The Morgan fingerprint density at radius 3 is 2.54 bits per heavy atom. The number of nitrogens with zero attached hydrogens (tertiary/aromatic N) is 1. The maximum Gasteiger partial charge on any atom is 0.145 e. The zero-order valence-corrected chi connectivity index (χ0v) is 12.8. The molecular formula is C21H14FNO. The van der Waals surface area contributed by atoms with Crippen molar-refractivity contribution in [2.24, 2.45) is 4.99 Å². The van der Waals surface area contributed by atoms with Gasteiger partial charge in [-0.25, -0.2) is 4.39 Å². The van der Waals surface area contributed by atoms with Crippen LogP contribution in [0.15, 0.2) is 88.3 Å². The Morgan fingerprint density at radius 2 is 1.67 bits per heavy atom. The predicted octanol–water partition coefficient (Wildman–Crippen LogP) is 5.99. The lowest BCUT2D eigenvalue weighted by molar-refractivity contribution is 0.573. The van der Waals surface area contributed by atoms with E-state index in [1.165, 1.54) is 17.5 Å². The second kappa shape index (κ2) is 6.13. The molecule has 0 amide bonds. The van der Waals surface area contributed by atoms with Crippen molar-refractivity contribution in [2.75, 3.05) is 0 Å². The Kier molecular flexibility index (Phi) is 3.67. The van der Waals surface area contributed by atoms with Gasteiger partial charge in [-0.2, -0.15) is 0 Å². The Balaban J connectivity index is 1.59. The standard InChI is InChI=1S/C21H14FNO/c22-18-7-3-6-17(12-18)21-11-10-20(24-21)14-23-19-9-8-15-4-1-2-5-16(15)13-19/h1-14H. The van der Waals surface area contributed by atoms with Crippen LogP contribution < -0.4 is 0 Å². The van der Waals surface area contributed by atoms with Crippen molar-refractivity contribution in [3.05, 3.63) is 90.4 Å². The van der Waals surface area contributed by atoms with Crippen molar-refractivity contribution < 1.29 is 8.81 Å². The lowest BCUT2D eigenvalue weighted by Gasteiger charge is -1.98. The van der Waals surface area contributed by atoms with Crippen LogP contribution in [0, 0.1) is 5.82 Å². The molecule has 1 aromatic heterocycles. The van der Waals surface area contributed by atoms with Crippen LogP contribution in [0.3, 0.4) is 0 Å². The van der Waals surface area contributed by atoms with E-state index in [9.17, 15) is 4.39 Å². The fourth-order valence-corrected chi connectivity index (χ4v) is 2.61. The molecule has 24 heavy (non-hydrogen) atoms. The van der Waals surface area contributed by atoms with Gasteiger partial charge in [-0.05, 0) is 47.2 Å². The van der Waals surface area contributed by atoms with Gasteiger partial charge in [0.15, 0.2) is 0 Å². The molecule has 0 N–H and O–H groups in total. The van der Waals surface area contributed by atoms with Gasteiger partial charge < -0.3 is 4.42 Å². The van der Waals surface area contributed by atoms with E-state index in [1.807, 2.05) is 48.5 Å². The number of hydrogen-bond donors (Lipinski definition) is 0. The maximum atomic E-state index is 13.3. The molecule has 3 aromatic carbocycles. The molecule has 0 fully saturated rings. The van der Waals surface area contributed by atoms with Crippen molar-refractivity contribution in [3.8, 4) is 11.3 Å². The third kappa shape index (κ3) is 2.97. The number of fused-ring (bicyclic) bond motifs is 1. The van der Waals surface area contributed by atoms with Gasteiger partial charge in [0.1, 0.15) is 17.3 Å². The maximum absolute atomic E-state index is 13.3. The topological polar surface area (TPSA) is 25.5 Å². The predicted molar refractivity (Wildman–Crippen MR) is 95.3 cm³/mol. The van der Waals surface area contributed by atoms with E-state index in [1.54, 1.807) is 12.3 Å². The first-order valence-electron chi connectivity index (χ1n) is 7.67. The molecule has 0 unspecified atom stereocenters. The fraction of sp³-hybridized carbons (Fsp3) is 0. The first kappa shape index (κ1) is 14.4. The summed E-state index contributed by atoms with van der Waals surface area (Å²) in [5.41, 5.74) is 1.57. The van der Waals surface area contributed by atoms with Gasteiger partial charge in [0, 0.05) is 5.56 Å². The molecule has 0 radical (unpaired) electrons. The first-order chi connectivity index (χ1) is 11.8. The number of furan rings is 1. The van der Waals surface area contributed by atoms with E-state index >= 15 is 0 Å². The van der Waals surface area contributed by atoms with Crippen LogP contribution >= 0.6 is 0 Å². The molecule has 0 aliphatic rings. The Hall–Kier alpha value is -3.20. The quantitative estimate of drug-likeness (QED) is 0.426. The zero-order valence-electron chi connectivity index (χ0n) is 12.8. The number of halogens is 1. The van der Waals surface area contributed by atoms with Crippen molar-refractivity contribution in [1.29, 1.82) is 0 Å². The minimum atomic E-state index is -0.282. The molecule has 1 heterocycles. The molecule has 0 aliphatic heterocycles. The first-order valence-corrected chi connectivity index (χ1v) is 7.67. The highest BCUT2D eigenvalue weighted by Gasteiger charge is 2.04. The Labute approximate surface area is 138 Å². The van der Waals surface area contributed by atoms with E-state index in [2.05, 4.69) is 17.1 Å². The number of hydrogen-bond acceptors (Lipinski definition) is 2. The summed E-state index contributed by atoms with van der Waals surface area (Å²) in [5.74, 6) is 0.965. The second-order valence-corrected chi connectivity index (χ2v) is 5.50. The molecule has 4 rings (SSSR count). The SMILES string of the molecule is Fc1cccc(-c2ccc(C=Nc3ccc4ccccc4c3)o2)c1. The van der Waals surface area contributed by atoms with Gasteiger partial charge in [0.05, 0.1) is 11.9 Å². The van der Waals surface area contributed by atoms with Gasteiger partial charge >= 0.3 is 0 Å². The van der Waals surface area contributed by atoms with E-state index in [0.29, 0.717) is 17.1 Å². The molecule has 3 heteroatoms.